The Morgan fingerprint density at radius 3 is 2.55 bits per heavy atom. The lowest BCUT2D eigenvalue weighted by atomic mass is 9.88. The average molecular weight is 405 g/mol. The molecule has 0 aromatic heterocycles. The maximum absolute atomic E-state index is 12.2. The van der Waals surface area contributed by atoms with Crippen molar-refractivity contribution in [2.45, 2.75) is 64.6 Å². The van der Waals surface area contributed by atoms with Gasteiger partial charge in [0.05, 0.1) is 6.10 Å². The number of hydrogen-bond acceptors (Lipinski definition) is 5. The van der Waals surface area contributed by atoms with Crippen molar-refractivity contribution < 1.29 is 24.3 Å². The second kappa shape index (κ2) is 9.13. The Balaban J connectivity index is 1.45. The van der Waals surface area contributed by atoms with E-state index < -0.39 is 11.5 Å². The Morgan fingerprint density at radius 1 is 1.17 bits per heavy atom. The highest BCUT2D eigenvalue weighted by Crippen LogP contribution is 2.26. The van der Waals surface area contributed by atoms with E-state index >= 15 is 0 Å². The van der Waals surface area contributed by atoms with Crippen LogP contribution < -0.4 is 5.48 Å². The standard InChI is InChI=1S/C22H32N2O5/c1-22(2,3)29-21(26)24-10-8-15(9-11-24)14-28-19-7-6-16-4-5-17(20(25)23-27)12-18(16)13-19/h4-5,12,15,19,27H,6-11,13-14H2,1-3H3,(H,23,25). The van der Waals surface area contributed by atoms with Crippen molar-refractivity contribution in [2.75, 3.05) is 19.7 Å². The highest BCUT2D eigenvalue weighted by Gasteiger charge is 2.28. The van der Waals surface area contributed by atoms with Gasteiger partial charge in [0.25, 0.3) is 5.91 Å². The van der Waals surface area contributed by atoms with Gasteiger partial charge in [-0.1, -0.05) is 6.07 Å². The average Bonchev–Trinajstić information content (AvgIpc) is 2.70. The van der Waals surface area contributed by atoms with Gasteiger partial charge >= 0.3 is 6.09 Å². The quantitative estimate of drug-likeness (QED) is 0.594. The molecule has 7 nitrogen and oxygen atoms in total. The van der Waals surface area contributed by atoms with E-state index in [-0.39, 0.29) is 12.2 Å². The zero-order valence-corrected chi connectivity index (χ0v) is 17.6. The number of fused-ring (bicyclic) bond motifs is 1. The molecule has 1 heterocycles. The first-order valence-electron chi connectivity index (χ1n) is 10.4. The summed E-state index contributed by atoms with van der Waals surface area (Å²) in [6.07, 6.45) is 4.42. The number of carbonyl (C=O) groups excluding carboxylic acids is 2. The van der Waals surface area contributed by atoms with Gasteiger partial charge in [-0.3, -0.25) is 10.0 Å². The fourth-order valence-electron chi connectivity index (χ4n) is 3.95. The van der Waals surface area contributed by atoms with Crippen molar-refractivity contribution >= 4 is 12.0 Å². The summed E-state index contributed by atoms with van der Waals surface area (Å²) in [6.45, 7) is 7.75. The van der Waals surface area contributed by atoms with Crippen LogP contribution in [-0.2, 0) is 22.3 Å². The molecule has 2 amide bonds. The van der Waals surface area contributed by atoms with Crippen LogP contribution in [0.4, 0.5) is 4.79 Å². The molecular weight excluding hydrogens is 372 g/mol. The zero-order valence-electron chi connectivity index (χ0n) is 17.6. The van der Waals surface area contributed by atoms with Crippen LogP contribution in [0.1, 0.15) is 61.5 Å². The molecule has 0 spiro atoms. The fraction of sp³-hybridized carbons (Fsp3) is 0.636. The number of nitrogens with one attached hydrogen (secondary N) is 1. The summed E-state index contributed by atoms with van der Waals surface area (Å²) in [4.78, 5) is 25.6. The van der Waals surface area contributed by atoms with E-state index in [2.05, 4.69) is 0 Å². The number of benzene rings is 1. The Bertz CT molecular complexity index is 735. The second-order valence-electron chi connectivity index (χ2n) is 9.03. The number of ether oxygens (including phenoxy) is 2. The van der Waals surface area contributed by atoms with E-state index in [4.69, 9.17) is 14.7 Å². The summed E-state index contributed by atoms with van der Waals surface area (Å²) < 4.78 is 11.6. The first-order chi connectivity index (χ1) is 13.7. The minimum absolute atomic E-state index is 0.138. The van der Waals surface area contributed by atoms with Gasteiger partial charge in [0.1, 0.15) is 5.60 Å². The molecule has 1 fully saturated rings. The number of nitrogens with zero attached hydrogens (tertiary/aromatic N) is 1. The Labute approximate surface area is 172 Å². The van der Waals surface area contributed by atoms with Crippen LogP contribution in [0.2, 0.25) is 0 Å². The van der Waals surface area contributed by atoms with Crippen LogP contribution in [0.5, 0.6) is 0 Å². The van der Waals surface area contributed by atoms with Crippen LogP contribution in [0.25, 0.3) is 0 Å². The van der Waals surface area contributed by atoms with E-state index in [0.29, 0.717) is 31.2 Å². The lowest BCUT2D eigenvalue weighted by Gasteiger charge is -2.34. The molecule has 2 aliphatic rings. The smallest absolute Gasteiger partial charge is 0.410 e. The predicted molar refractivity (Wildman–Crippen MR) is 108 cm³/mol. The molecule has 0 radical (unpaired) electrons. The monoisotopic (exact) mass is 404 g/mol. The molecular formula is C22H32N2O5. The number of amides is 2. The largest absolute Gasteiger partial charge is 0.444 e. The maximum Gasteiger partial charge on any atom is 0.410 e. The minimum Gasteiger partial charge on any atom is -0.444 e. The van der Waals surface area contributed by atoms with Crippen molar-refractivity contribution in [3.63, 3.8) is 0 Å². The highest BCUT2D eigenvalue weighted by molar-refractivity contribution is 5.93. The van der Waals surface area contributed by atoms with Crippen LogP contribution in [0, 0.1) is 5.92 Å². The summed E-state index contributed by atoms with van der Waals surface area (Å²) in [6, 6.07) is 5.54. The van der Waals surface area contributed by atoms with Crippen molar-refractivity contribution in [3.8, 4) is 0 Å². The molecule has 2 N–H and O–H groups in total. The van der Waals surface area contributed by atoms with E-state index in [0.717, 1.165) is 37.7 Å². The SMILES string of the molecule is CC(C)(C)OC(=O)N1CCC(COC2CCc3ccc(C(=O)NO)cc3C2)CC1. The molecule has 1 aromatic rings. The van der Waals surface area contributed by atoms with Gasteiger partial charge < -0.3 is 14.4 Å². The molecule has 3 rings (SSSR count). The summed E-state index contributed by atoms with van der Waals surface area (Å²) in [5.74, 6) is -0.0471. The third-order valence-corrected chi connectivity index (χ3v) is 5.59. The second-order valence-corrected chi connectivity index (χ2v) is 9.03. The Kier molecular flexibility index (Phi) is 6.80. The van der Waals surface area contributed by atoms with Crippen molar-refractivity contribution in [1.29, 1.82) is 0 Å². The van der Waals surface area contributed by atoms with Gasteiger partial charge in [-0.05, 0) is 82.1 Å². The summed E-state index contributed by atoms with van der Waals surface area (Å²) in [7, 11) is 0. The van der Waals surface area contributed by atoms with E-state index in [1.54, 1.807) is 16.4 Å². The molecule has 1 atom stereocenters. The molecule has 1 aliphatic carbocycles. The number of hydrogen-bond donors (Lipinski definition) is 2. The number of piperidine rings is 1. The van der Waals surface area contributed by atoms with Crippen LogP contribution in [0.15, 0.2) is 18.2 Å². The topological polar surface area (TPSA) is 88.1 Å². The maximum atomic E-state index is 12.2. The fourth-order valence-corrected chi connectivity index (χ4v) is 3.95. The van der Waals surface area contributed by atoms with Crippen LogP contribution in [0.3, 0.4) is 0 Å². The van der Waals surface area contributed by atoms with Crippen LogP contribution >= 0.6 is 0 Å². The lowest BCUT2D eigenvalue weighted by molar-refractivity contribution is -0.00542. The number of rotatable bonds is 4. The molecule has 7 heteroatoms. The van der Waals surface area contributed by atoms with Crippen molar-refractivity contribution in [1.82, 2.24) is 10.4 Å². The normalized spacial score (nSPS) is 20.1. The molecule has 1 aliphatic heterocycles. The van der Waals surface area contributed by atoms with Gasteiger partial charge in [-0.2, -0.15) is 0 Å². The lowest BCUT2D eigenvalue weighted by Crippen LogP contribution is -2.42. The Morgan fingerprint density at radius 2 is 1.90 bits per heavy atom. The highest BCUT2D eigenvalue weighted by atomic mass is 16.6. The van der Waals surface area contributed by atoms with E-state index in [1.165, 1.54) is 5.56 Å². The third kappa shape index (κ3) is 5.93. The molecule has 1 saturated heterocycles. The van der Waals surface area contributed by atoms with Gasteiger partial charge in [0.2, 0.25) is 0 Å². The van der Waals surface area contributed by atoms with E-state index in [9.17, 15) is 9.59 Å². The first-order valence-corrected chi connectivity index (χ1v) is 10.4. The van der Waals surface area contributed by atoms with Crippen molar-refractivity contribution in [2.24, 2.45) is 5.92 Å². The predicted octanol–water partition coefficient (Wildman–Crippen LogP) is 3.33. The number of hydroxylamine groups is 1. The van der Waals surface area contributed by atoms with Gasteiger partial charge in [-0.25, -0.2) is 10.3 Å². The molecule has 160 valence electrons. The Hall–Kier alpha value is -2.12. The van der Waals surface area contributed by atoms with Crippen LogP contribution in [-0.4, -0.2) is 53.5 Å². The number of likely N-dealkylation sites (tertiary alicyclic amines) is 1. The molecule has 29 heavy (non-hydrogen) atoms. The molecule has 0 bridgehead atoms. The zero-order chi connectivity index (χ0) is 21.0. The summed E-state index contributed by atoms with van der Waals surface area (Å²) >= 11 is 0. The van der Waals surface area contributed by atoms with Gasteiger partial charge in [0.15, 0.2) is 0 Å². The number of aryl methyl sites for hydroxylation is 1. The molecule has 0 saturated carbocycles. The molecule has 1 unspecified atom stereocenters. The summed E-state index contributed by atoms with van der Waals surface area (Å²) in [5, 5.41) is 8.82. The molecule has 1 aromatic carbocycles. The van der Waals surface area contributed by atoms with E-state index in [1.807, 2.05) is 32.9 Å². The minimum atomic E-state index is -0.493. The number of carbonyl (C=O) groups is 2. The summed E-state index contributed by atoms with van der Waals surface area (Å²) in [5.41, 5.74) is 4.03. The third-order valence-electron chi connectivity index (χ3n) is 5.59. The van der Waals surface area contributed by atoms with Gasteiger partial charge in [-0.15, -0.1) is 0 Å². The van der Waals surface area contributed by atoms with Gasteiger partial charge in [0, 0.05) is 25.3 Å². The first kappa shape index (κ1) is 21.6. The van der Waals surface area contributed by atoms with Crippen molar-refractivity contribution in [3.05, 3.63) is 34.9 Å².